The Bertz CT molecular complexity index is 986. The molecule has 0 saturated heterocycles. The van der Waals surface area contributed by atoms with Gasteiger partial charge in [0.05, 0.1) is 12.6 Å². The van der Waals surface area contributed by atoms with Gasteiger partial charge >= 0.3 is 6.36 Å². The lowest BCUT2D eigenvalue weighted by Crippen LogP contribution is -2.28. The second-order valence-corrected chi connectivity index (χ2v) is 6.99. The minimum atomic E-state index is -4.74. The predicted octanol–water partition coefficient (Wildman–Crippen LogP) is 3.50. The van der Waals surface area contributed by atoms with E-state index in [2.05, 4.69) is 14.6 Å². The number of aliphatic hydroxyl groups is 1. The molecule has 0 saturated carbocycles. The van der Waals surface area contributed by atoms with Crippen LogP contribution in [0.4, 0.5) is 13.2 Å². The number of aromatic nitrogens is 2. The van der Waals surface area contributed by atoms with Crippen molar-refractivity contribution in [3.63, 3.8) is 0 Å². The molecule has 1 N–H and O–H groups in total. The number of halogens is 3. The minimum Gasteiger partial charge on any atom is -0.406 e. The molecule has 28 heavy (non-hydrogen) atoms. The third-order valence-electron chi connectivity index (χ3n) is 5.16. The number of benzene rings is 1. The molecule has 3 aromatic rings. The Morgan fingerprint density at radius 1 is 1.21 bits per heavy atom. The highest BCUT2D eigenvalue weighted by Crippen LogP contribution is 2.37. The monoisotopic (exact) mass is 391 g/mol. The van der Waals surface area contributed by atoms with Gasteiger partial charge in [-0.25, -0.2) is 0 Å². The highest BCUT2D eigenvalue weighted by Gasteiger charge is 2.32. The number of ether oxygens (including phenoxy) is 1. The van der Waals surface area contributed by atoms with Gasteiger partial charge in [0.15, 0.2) is 0 Å². The number of hydrogen-bond acceptors (Lipinski definition) is 4. The zero-order chi connectivity index (χ0) is 19.9. The van der Waals surface area contributed by atoms with Gasteiger partial charge in [0.2, 0.25) is 0 Å². The van der Waals surface area contributed by atoms with Crippen LogP contribution < -0.4 is 4.74 Å². The first-order valence-electron chi connectivity index (χ1n) is 8.98. The van der Waals surface area contributed by atoms with Crippen LogP contribution in [0.3, 0.4) is 0 Å². The largest absolute Gasteiger partial charge is 0.573 e. The Kier molecular flexibility index (Phi) is 4.76. The maximum atomic E-state index is 12.7. The van der Waals surface area contributed by atoms with Crippen LogP contribution in [0.25, 0.3) is 10.9 Å². The molecule has 0 bridgehead atoms. The van der Waals surface area contributed by atoms with Gasteiger partial charge in [-0.3, -0.25) is 4.98 Å². The molecule has 0 radical (unpaired) electrons. The first-order chi connectivity index (χ1) is 13.4. The lowest BCUT2D eigenvalue weighted by molar-refractivity contribution is -0.274. The van der Waals surface area contributed by atoms with Crippen molar-refractivity contribution in [1.82, 2.24) is 14.5 Å². The van der Waals surface area contributed by atoms with Gasteiger partial charge in [-0.05, 0) is 48.5 Å². The number of alkyl halides is 3. The summed E-state index contributed by atoms with van der Waals surface area (Å²) in [6.07, 6.45) is -0.659. The molecule has 8 heteroatoms. The highest BCUT2D eigenvalue weighted by atomic mass is 19.4. The molecule has 148 valence electrons. The first kappa shape index (κ1) is 18.8. The number of hydrogen-bond donors (Lipinski definition) is 1. The Morgan fingerprint density at radius 3 is 2.64 bits per heavy atom. The number of nitrogens with zero attached hydrogens (tertiary/aromatic N) is 3. The second kappa shape index (κ2) is 7.10. The lowest BCUT2D eigenvalue weighted by atomic mass is 10.0. The average Bonchev–Trinajstić information content (AvgIpc) is 2.95. The summed E-state index contributed by atoms with van der Waals surface area (Å²) < 4.78 is 44.2. The van der Waals surface area contributed by atoms with Crippen molar-refractivity contribution in [2.24, 2.45) is 0 Å². The summed E-state index contributed by atoms with van der Waals surface area (Å²) in [5, 5.41) is 10.9. The van der Waals surface area contributed by atoms with E-state index in [1.54, 1.807) is 18.5 Å². The van der Waals surface area contributed by atoms with Gasteiger partial charge in [0.1, 0.15) is 5.75 Å². The number of likely N-dealkylation sites (N-methyl/N-ethyl adjacent to an activating group) is 1. The van der Waals surface area contributed by atoms with E-state index < -0.39 is 6.36 Å². The maximum absolute atomic E-state index is 12.7. The van der Waals surface area contributed by atoms with Crippen LogP contribution in [0.1, 0.15) is 22.9 Å². The van der Waals surface area contributed by atoms with E-state index >= 15 is 0 Å². The summed E-state index contributed by atoms with van der Waals surface area (Å²) in [6.45, 7) is 1.34. The van der Waals surface area contributed by atoms with E-state index in [0.717, 1.165) is 40.7 Å². The van der Waals surface area contributed by atoms with Crippen molar-refractivity contribution in [2.45, 2.75) is 25.4 Å². The molecular formula is C20H20F3N3O2. The third kappa shape index (κ3) is 3.45. The topological polar surface area (TPSA) is 50.5 Å². The van der Waals surface area contributed by atoms with E-state index in [1.165, 1.54) is 12.1 Å². The lowest BCUT2D eigenvalue weighted by Gasteiger charge is -2.27. The molecule has 3 heterocycles. The van der Waals surface area contributed by atoms with Gasteiger partial charge in [0.25, 0.3) is 0 Å². The quantitative estimate of drug-likeness (QED) is 0.740. The summed E-state index contributed by atoms with van der Waals surface area (Å²) in [5.74, 6) is -0.238. The molecule has 2 aromatic heterocycles. The fraction of sp³-hybridized carbons (Fsp3) is 0.350. The van der Waals surface area contributed by atoms with Crippen LogP contribution >= 0.6 is 0 Å². The van der Waals surface area contributed by atoms with E-state index in [0.29, 0.717) is 6.54 Å². The van der Waals surface area contributed by atoms with Crippen molar-refractivity contribution >= 4 is 10.9 Å². The predicted molar refractivity (Wildman–Crippen MR) is 98.1 cm³/mol. The summed E-state index contributed by atoms with van der Waals surface area (Å²) in [5.41, 5.74) is 3.69. The normalized spacial score (nSPS) is 16.2. The van der Waals surface area contributed by atoms with Crippen LogP contribution in [0.2, 0.25) is 0 Å². The van der Waals surface area contributed by atoms with Crippen LogP contribution in [0.5, 0.6) is 5.75 Å². The zero-order valence-electron chi connectivity index (χ0n) is 15.3. The summed E-state index contributed by atoms with van der Waals surface area (Å²) >= 11 is 0. The van der Waals surface area contributed by atoms with Crippen LogP contribution in [-0.4, -0.2) is 46.1 Å². The summed E-state index contributed by atoms with van der Waals surface area (Å²) in [6, 6.07) is 7.75. The van der Waals surface area contributed by atoms with E-state index in [9.17, 15) is 18.3 Å². The Labute approximate surface area is 160 Å². The van der Waals surface area contributed by atoms with Gasteiger partial charge in [-0.15, -0.1) is 13.2 Å². The van der Waals surface area contributed by atoms with E-state index in [4.69, 9.17) is 0 Å². The number of fused-ring (bicyclic) bond motifs is 3. The molecule has 1 aromatic carbocycles. The molecule has 4 rings (SSSR count). The SMILES string of the molecule is CN1CCc2c(c3cc(OC(F)(F)F)ccc3n2C(CO)c2ccncc2)C1. The molecule has 1 aliphatic heterocycles. The Hall–Kier alpha value is -2.58. The first-order valence-corrected chi connectivity index (χ1v) is 8.98. The fourth-order valence-corrected chi connectivity index (χ4v) is 3.98. The van der Waals surface area contributed by atoms with Crippen molar-refractivity contribution in [1.29, 1.82) is 0 Å². The number of pyridine rings is 1. The minimum absolute atomic E-state index is 0.128. The average molecular weight is 391 g/mol. The Morgan fingerprint density at radius 2 is 1.96 bits per heavy atom. The summed E-state index contributed by atoms with van der Waals surface area (Å²) in [7, 11) is 1.98. The Balaban J connectivity index is 1.91. The van der Waals surface area contributed by atoms with Crippen molar-refractivity contribution in [3.8, 4) is 5.75 Å². The smallest absolute Gasteiger partial charge is 0.406 e. The van der Waals surface area contributed by atoms with Gasteiger partial charge in [-0.1, -0.05) is 0 Å². The third-order valence-corrected chi connectivity index (χ3v) is 5.16. The number of aliphatic hydroxyl groups excluding tert-OH is 1. The molecule has 0 amide bonds. The highest BCUT2D eigenvalue weighted by molar-refractivity contribution is 5.87. The maximum Gasteiger partial charge on any atom is 0.573 e. The van der Waals surface area contributed by atoms with Gasteiger partial charge < -0.3 is 19.3 Å². The molecular weight excluding hydrogens is 371 g/mol. The molecule has 0 fully saturated rings. The van der Waals surface area contributed by atoms with Gasteiger partial charge in [0, 0.05) is 48.5 Å². The van der Waals surface area contributed by atoms with Crippen molar-refractivity contribution in [3.05, 3.63) is 59.5 Å². The van der Waals surface area contributed by atoms with E-state index in [-0.39, 0.29) is 18.4 Å². The molecule has 1 unspecified atom stereocenters. The molecule has 0 spiro atoms. The summed E-state index contributed by atoms with van der Waals surface area (Å²) in [4.78, 5) is 6.16. The molecule has 0 aliphatic carbocycles. The zero-order valence-corrected chi connectivity index (χ0v) is 15.3. The molecule has 1 aliphatic rings. The fourth-order valence-electron chi connectivity index (χ4n) is 3.98. The van der Waals surface area contributed by atoms with Crippen molar-refractivity contribution < 1.29 is 23.0 Å². The van der Waals surface area contributed by atoms with Gasteiger partial charge in [-0.2, -0.15) is 0 Å². The van der Waals surface area contributed by atoms with Crippen LogP contribution in [0, 0.1) is 0 Å². The van der Waals surface area contributed by atoms with E-state index in [1.807, 2.05) is 23.7 Å². The number of rotatable bonds is 4. The molecule has 1 atom stereocenters. The van der Waals surface area contributed by atoms with Crippen molar-refractivity contribution in [2.75, 3.05) is 20.2 Å². The van der Waals surface area contributed by atoms with Crippen LogP contribution in [-0.2, 0) is 13.0 Å². The standard InChI is InChI=1S/C20H20F3N3O2/c1-25-9-6-18-16(11-25)15-10-14(28-20(21,22)23)2-3-17(15)26(18)19(12-27)13-4-7-24-8-5-13/h2-5,7-8,10,19,27H,6,9,11-12H2,1H3. The van der Waals surface area contributed by atoms with Crippen LogP contribution in [0.15, 0.2) is 42.7 Å². The molecule has 5 nitrogen and oxygen atoms in total. The second-order valence-electron chi connectivity index (χ2n) is 6.99.